The van der Waals surface area contributed by atoms with Gasteiger partial charge >= 0.3 is 13.2 Å². The summed E-state index contributed by atoms with van der Waals surface area (Å²) >= 11 is 12.7. The Labute approximate surface area is 193 Å². The molecule has 164 valence electrons. The maximum atomic E-state index is 12.3. The summed E-state index contributed by atoms with van der Waals surface area (Å²) in [5, 5.41) is 3.76. The molecule has 5 nitrogen and oxygen atoms in total. The third-order valence-corrected chi connectivity index (χ3v) is 6.19. The van der Waals surface area contributed by atoms with Crippen LogP contribution < -0.4 is 5.32 Å². The van der Waals surface area contributed by atoms with Crippen LogP contribution in [0.3, 0.4) is 0 Å². The summed E-state index contributed by atoms with van der Waals surface area (Å²) in [6.07, 6.45) is 1.25. The van der Waals surface area contributed by atoms with Crippen molar-refractivity contribution in [2.45, 2.75) is 45.5 Å². The van der Waals surface area contributed by atoms with Crippen LogP contribution in [-0.4, -0.2) is 31.0 Å². The zero-order chi connectivity index (χ0) is 22.6. The molecule has 0 aromatic heterocycles. The third kappa shape index (κ3) is 5.83. The molecule has 1 aliphatic heterocycles. The van der Waals surface area contributed by atoms with E-state index in [2.05, 4.69) is 5.32 Å². The van der Waals surface area contributed by atoms with Crippen LogP contribution in [0.1, 0.15) is 38.8 Å². The number of alkyl carbamates (subject to hydrolysis) is 1. The van der Waals surface area contributed by atoms with Gasteiger partial charge in [0.25, 0.3) is 0 Å². The molecule has 1 N–H and O–H groups in total. The third-order valence-electron chi connectivity index (χ3n) is 5.54. The largest absolute Gasteiger partial charge is 0.492 e. The van der Waals surface area contributed by atoms with Gasteiger partial charge in [0.05, 0.1) is 11.2 Å². The predicted octanol–water partition coefficient (Wildman–Crippen LogP) is 5.93. The Balaban J connectivity index is 1.77. The van der Waals surface area contributed by atoms with E-state index >= 15 is 0 Å². The summed E-state index contributed by atoms with van der Waals surface area (Å²) in [6, 6.07) is 14.8. The standard InChI is InChI=1S/C23H26BCl2NO4/c1-22(2)23(3,4)31-24(30-22)17(13-18-19(25)11-8-12-20(18)26)14-27-21(28)29-15-16-9-6-5-7-10-16/h5-13H,14-15H2,1-4H3,(H,27,28). The average molecular weight is 462 g/mol. The van der Waals surface area contributed by atoms with Crippen LogP contribution in [0.5, 0.6) is 0 Å². The van der Waals surface area contributed by atoms with Gasteiger partial charge in [-0.15, -0.1) is 0 Å². The second-order valence-corrected chi connectivity index (χ2v) is 9.17. The maximum absolute atomic E-state index is 12.3. The number of halogens is 2. The first-order chi connectivity index (χ1) is 14.6. The van der Waals surface area contributed by atoms with Crippen LogP contribution >= 0.6 is 23.2 Å². The molecule has 1 fully saturated rings. The Morgan fingerprint density at radius 2 is 1.58 bits per heavy atom. The summed E-state index contributed by atoms with van der Waals surface area (Å²) < 4.78 is 17.7. The van der Waals surface area contributed by atoms with E-state index in [0.29, 0.717) is 21.1 Å². The molecule has 2 aromatic carbocycles. The Bertz CT molecular complexity index is 927. The minimum atomic E-state index is -0.674. The van der Waals surface area contributed by atoms with Crippen molar-refractivity contribution in [1.82, 2.24) is 5.32 Å². The second kappa shape index (κ2) is 9.66. The van der Waals surface area contributed by atoms with Gasteiger partial charge in [-0.1, -0.05) is 65.7 Å². The summed E-state index contributed by atoms with van der Waals surface area (Å²) in [6.45, 7) is 8.19. The van der Waals surface area contributed by atoms with Crippen LogP contribution in [0, 0.1) is 0 Å². The molecule has 1 heterocycles. The van der Waals surface area contributed by atoms with Crippen LogP contribution in [0.15, 0.2) is 54.0 Å². The SMILES string of the molecule is CC1(C)OB(C(=Cc2c(Cl)cccc2Cl)CNC(=O)OCc2ccccc2)OC1(C)C. The van der Waals surface area contributed by atoms with Gasteiger partial charge in [0.15, 0.2) is 0 Å². The van der Waals surface area contributed by atoms with E-state index in [4.69, 9.17) is 37.2 Å². The maximum Gasteiger partial charge on any atom is 0.492 e. The van der Waals surface area contributed by atoms with Crippen molar-refractivity contribution in [2.75, 3.05) is 6.54 Å². The van der Waals surface area contributed by atoms with Gasteiger partial charge in [-0.3, -0.25) is 0 Å². The molecule has 0 atom stereocenters. The predicted molar refractivity (Wildman–Crippen MR) is 125 cm³/mol. The molecule has 1 aliphatic rings. The van der Waals surface area contributed by atoms with E-state index in [1.807, 2.05) is 58.0 Å². The minimum absolute atomic E-state index is 0.145. The molecule has 2 aromatic rings. The molecule has 0 unspecified atom stereocenters. The number of nitrogens with one attached hydrogen (secondary N) is 1. The second-order valence-electron chi connectivity index (χ2n) is 8.36. The smallest absolute Gasteiger partial charge is 0.445 e. The van der Waals surface area contributed by atoms with Gasteiger partial charge in [-0.2, -0.15) is 0 Å². The van der Waals surface area contributed by atoms with Gasteiger partial charge < -0.3 is 19.4 Å². The average Bonchev–Trinajstić information content (AvgIpc) is 2.93. The van der Waals surface area contributed by atoms with E-state index in [-0.39, 0.29) is 13.2 Å². The molecule has 1 saturated heterocycles. The number of carbonyl (C=O) groups is 1. The molecule has 31 heavy (non-hydrogen) atoms. The summed E-state index contributed by atoms with van der Waals surface area (Å²) in [5.41, 5.74) is 1.14. The van der Waals surface area contributed by atoms with Crippen molar-refractivity contribution in [3.8, 4) is 0 Å². The fraction of sp³-hybridized carbons (Fsp3) is 0.348. The fourth-order valence-electron chi connectivity index (χ4n) is 2.98. The highest BCUT2D eigenvalue weighted by atomic mass is 35.5. The Kier molecular flexibility index (Phi) is 7.37. The molecule has 3 rings (SSSR count). The van der Waals surface area contributed by atoms with Crippen molar-refractivity contribution in [3.05, 3.63) is 75.2 Å². The number of benzene rings is 2. The molecule has 0 spiro atoms. The van der Waals surface area contributed by atoms with Crippen LogP contribution in [0.2, 0.25) is 10.0 Å². The molecule has 0 bridgehead atoms. The topological polar surface area (TPSA) is 56.8 Å². The zero-order valence-electron chi connectivity index (χ0n) is 18.1. The molecule has 0 aliphatic carbocycles. The van der Waals surface area contributed by atoms with Gasteiger partial charge in [0.2, 0.25) is 0 Å². The van der Waals surface area contributed by atoms with Gasteiger partial charge in [-0.05, 0) is 50.9 Å². The number of carbonyl (C=O) groups excluding carboxylic acids is 1. The fourth-order valence-corrected chi connectivity index (χ4v) is 3.49. The number of hydrogen-bond donors (Lipinski definition) is 1. The van der Waals surface area contributed by atoms with E-state index in [1.165, 1.54) is 0 Å². The molecular formula is C23H26BCl2NO4. The monoisotopic (exact) mass is 461 g/mol. The Morgan fingerprint density at radius 1 is 1.00 bits per heavy atom. The van der Waals surface area contributed by atoms with Crippen molar-refractivity contribution < 1.29 is 18.8 Å². The minimum Gasteiger partial charge on any atom is -0.445 e. The number of amides is 1. The Hall–Kier alpha value is -1.99. The molecule has 1 amide bonds. The van der Waals surface area contributed by atoms with Crippen LogP contribution in [-0.2, 0) is 20.7 Å². The van der Waals surface area contributed by atoms with Crippen molar-refractivity contribution >= 4 is 42.5 Å². The summed E-state index contributed by atoms with van der Waals surface area (Å²) in [7, 11) is -0.674. The lowest BCUT2D eigenvalue weighted by Gasteiger charge is -2.32. The quantitative estimate of drug-likeness (QED) is 0.541. The molecule has 0 saturated carbocycles. The first-order valence-electron chi connectivity index (χ1n) is 10.0. The molecule has 8 heteroatoms. The van der Waals surface area contributed by atoms with Crippen molar-refractivity contribution in [1.29, 1.82) is 0 Å². The van der Waals surface area contributed by atoms with Gasteiger partial charge in [0, 0.05) is 22.2 Å². The van der Waals surface area contributed by atoms with Crippen molar-refractivity contribution in [3.63, 3.8) is 0 Å². The Morgan fingerprint density at radius 3 is 2.16 bits per heavy atom. The number of ether oxygens (including phenoxy) is 1. The van der Waals surface area contributed by atoms with E-state index < -0.39 is 24.4 Å². The van der Waals surface area contributed by atoms with Crippen LogP contribution in [0.4, 0.5) is 4.79 Å². The highest BCUT2D eigenvalue weighted by Gasteiger charge is 2.52. The van der Waals surface area contributed by atoms with E-state index in [9.17, 15) is 4.79 Å². The zero-order valence-corrected chi connectivity index (χ0v) is 19.6. The van der Waals surface area contributed by atoms with E-state index in [0.717, 1.165) is 5.56 Å². The normalized spacial score (nSPS) is 17.5. The highest BCUT2D eigenvalue weighted by Crippen LogP contribution is 2.39. The van der Waals surface area contributed by atoms with Gasteiger partial charge in [0.1, 0.15) is 6.61 Å². The van der Waals surface area contributed by atoms with E-state index in [1.54, 1.807) is 24.3 Å². The first-order valence-corrected chi connectivity index (χ1v) is 10.8. The highest BCUT2D eigenvalue weighted by molar-refractivity contribution is 6.56. The van der Waals surface area contributed by atoms with Crippen LogP contribution in [0.25, 0.3) is 6.08 Å². The summed E-state index contributed by atoms with van der Waals surface area (Å²) in [5.74, 6) is 0. The lowest BCUT2D eigenvalue weighted by molar-refractivity contribution is 0.00578. The lowest BCUT2D eigenvalue weighted by Crippen LogP contribution is -2.41. The van der Waals surface area contributed by atoms with Crippen molar-refractivity contribution in [2.24, 2.45) is 0 Å². The number of hydrogen-bond acceptors (Lipinski definition) is 4. The molecular weight excluding hydrogens is 436 g/mol. The molecule has 0 radical (unpaired) electrons. The number of rotatable bonds is 6. The first kappa shape index (κ1) is 23.7. The van der Waals surface area contributed by atoms with Gasteiger partial charge in [-0.25, -0.2) is 4.79 Å². The lowest BCUT2D eigenvalue weighted by atomic mass is 9.77. The summed E-state index contributed by atoms with van der Waals surface area (Å²) in [4.78, 5) is 12.3.